The van der Waals surface area contributed by atoms with Gasteiger partial charge < -0.3 is 5.73 Å². The number of aromatic nitrogens is 2. The van der Waals surface area contributed by atoms with Gasteiger partial charge in [-0.15, -0.1) is 0 Å². The van der Waals surface area contributed by atoms with Gasteiger partial charge in [-0.05, 0) is 53.0 Å². The molecule has 2 rings (SSSR count). The predicted molar refractivity (Wildman–Crippen MR) is 82.2 cm³/mol. The smallest absolute Gasteiger partial charge is 0.123 e. The molecule has 0 saturated heterocycles. The minimum absolute atomic E-state index is 0.159. The highest BCUT2D eigenvalue weighted by Gasteiger charge is 2.18. The maximum atomic E-state index is 13.0. The second-order valence-electron chi connectivity index (χ2n) is 4.87. The van der Waals surface area contributed by atoms with E-state index in [1.54, 1.807) is 12.1 Å². The van der Waals surface area contributed by atoms with E-state index in [9.17, 15) is 4.39 Å². The molecule has 0 aliphatic carbocycles. The van der Waals surface area contributed by atoms with E-state index in [0.29, 0.717) is 6.54 Å². The lowest BCUT2D eigenvalue weighted by atomic mass is 9.94. The van der Waals surface area contributed by atoms with Crippen molar-refractivity contribution in [2.75, 3.05) is 6.54 Å². The van der Waals surface area contributed by atoms with E-state index in [-0.39, 0.29) is 11.7 Å². The Kier molecular flexibility index (Phi) is 4.94. The number of nitrogens with two attached hydrogens (primary N) is 1. The van der Waals surface area contributed by atoms with E-state index < -0.39 is 0 Å². The van der Waals surface area contributed by atoms with Gasteiger partial charge in [-0.1, -0.05) is 19.1 Å². The first-order chi connectivity index (χ1) is 9.56. The molecular weight excluding hydrogens is 321 g/mol. The lowest BCUT2D eigenvalue weighted by Gasteiger charge is -2.15. The highest BCUT2D eigenvalue weighted by atomic mass is 79.9. The number of aryl methyl sites for hydroxylation is 2. The number of halogens is 2. The molecule has 5 heteroatoms. The fourth-order valence-corrected chi connectivity index (χ4v) is 3.13. The molecule has 2 N–H and O–H groups in total. The maximum absolute atomic E-state index is 13.0. The summed E-state index contributed by atoms with van der Waals surface area (Å²) in [6.07, 6.45) is 1.67. The van der Waals surface area contributed by atoms with Crippen LogP contribution in [0.1, 0.15) is 29.8 Å². The average Bonchev–Trinajstić information content (AvgIpc) is 2.72. The maximum Gasteiger partial charge on any atom is 0.123 e. The number of benzene rings is 1. The molecule has 3 nitrogen and oxygen atoms in total. The van der Waals surface area contributed by atoms with Crippen LogP contribution in [0.25, 0.3) is 0 Å². The largest absolute Gasteiger partial charge is 0.330 e. The van der Waals surface area contributed by atoms with Gasteiger partial charge in [0.2, 0.25) is 0 Å². The normalized spacial score (nSPS) is 12.7. The number of nitrogens with zero attached hydrogens (tertiary/aromatic N) is 2. The molecule has 2 aromatic rings. The van der Waals surface area contributed by atoms with Crippen molar-refractivity contribution in [2.24, 2.45) is 12.8 Å². The van der Waals surface area contributed by atoms with Crippen LogP contribution >= 0.6 is 15.9 Å². The predicted octanol–water partition coefficient (Wildman–Crippen LogP) is 3.17. The first-order valence-electron chi connectivity index (χ1n) is 6.72. The van der Waals surface area contributed by atoms with E-state index >= 15 is 0 Å². The Hall–Kier alpha value is -1.20. The van der Waals surface area contributed by atoms with Crippen LogP contribution in [0.2, 0.25) is 0 Å². The quantitative estimate of drug-likeness (QED) is 0.909. The number of hydrogen-bond acceptors (Lipinski definition) is 2. The molecule has 1 atom stereocenters. The van der Waals surface area contributed by atoms with E-state index in [1.807, 2.05) is 11.7 Å². The van der Waals surface area contributed by atoms with Crippen LogP contribution < -0.4 is 5.73 Å². The van der Waals surface area contributed by atoms with Crippen LogP contribution in [0.5, 0.6) is 0 Å². The number of rotatable bonds is 5. The molecule has 1 heterocycles. The molecule has 0 aliphatic heterocycles. The van der Waals surface area contributed by atoms with Crippen molar-refractivity contribution in [1.29, 1.82) is 0 Å². The van der Waals surface area contributed by atoms with Gasteiger partial charge in [-0.25, -0.2) is 4.39 Å². The molecular formula is C15H19BrFN3. The third-order valence-electron chi connectivity index (χ3n) is 3.57. The Labute approximate surface area is 127 Å². The second-order valence-corrected chi connectivity index (χ2v) is 5.67. The molecule has 0 amide bonds. The van der Waals surface area contributed by atoms with Gasteiger partial charge in [-0.2, -0.15) is 5.10 Å². The second kappa shape index (κ2) is 6.50. The molecule has 1 aromatic heterocycles. The zero-order valence-electron chi connectivity index (χ0n) is 11.7. The van der Waals surface area contributed by atoms with Crippen molar-refractivity contribution < 1.29 is 4.39 Å². The van der Waals surface area contributed by atoms with E-state index in [4.69, 9.17) is 5.73 Å². The van der Waals surface area contributed by atoms with Gasteiger partial charge in [0.1, 0.15) is 5.82 Å². The average molecular weight is 340 g/mol. The van der Waals surface area contributed by atoms with Crippen LogP contribution in [0.3, 0.4) is 0 Å². The summed E-state index contributed by atoms with van der Waals surface area (Å²) in [4.78, 5) is 0. The summed E-state index contributed by atoms with van der Waals surface area (Å²) >= 11 is 3.62. The molecule has 1 aromatic carbocycles. The Bertz CT molecular complexity index is 578. The number of hydrogen-bond donors (Lipinski definition) is 1. The van der Waals surface area contributed by atoms with Gasteiger partial charge in [0.25, 0.3) is 0 Å². The minimum Gasteiger partial charge on any atom is -0.330 e. The molecule has 0 saturated carbocycles. The van der Waals surface area contributed by atoms with E-state index in [1.165, 1.54) is 12.1 Å². The summed E-state index contributed by atoms with van der Waals surface area (Å²) in [6.45, 7) is 2.60. The molecule has 0 radical (unpaired) electrons. The Balaban J connectivity index is 2.26. The highest BCUT2D eigenvalue weighted by molar-refractivity contribution is 9.10. The molecule has 0 bridgehead atoms. The molecule has 0 fully saturated rings. The highest BCUT2D eigenvalue weighted by Crippen LogP contribution is 2.27. The third kappa shape index (κ3) is 3.10. The van der Waals surface area contributed by atoms with Gasteiger partial charge in [-0.3, -0.25) is 4.68 Å². The van der Waals surface area contributed by atoms with Crippen LogP contribution in [-0.2, 0) is 19.9 Å². The van der Waals surface area contributed by atoms with Crippen molar-refractivity contribution in [3.8, 4) is 0 Å². The summed E-state index contributed by atoms with van der Waals surface area (Å²) in [6, 6.07) is 6.57. The summed E-state index contributed by atoms with van der Waals surface area (Å²) in [5.41, 5.74) is 9.13. The zero-order chi connectivity index (χ0) is 14.7. The Morgan fingerprint density at radius 3 is 2.50 bits per heavy atom. The first-order valence-corrected chi connectivity index (χ1v) is 7.51. The van der Waals surface area contributed by atoms with Crippen molar-refractivity contribution in [3.05, 3.63) is 51.5 Å². The third-order valence-corrected chi connectivity index (χ3v) is 4.48. The lowest BCUT2D eigenvalue weighted by molar-refractivity contribution is 0.613. The first kappa shape index (κ1) is 15.2. The van der Waals surface area contributed by atoms with E-state index in [2.05, 4.69) is 28.0 Å². The van der Waals surface area contributed by atoms with Crippen LogP contribution in [0.4, 0.5) is 4.39 Å². The molecule has 0 aliphatic rings. The van der Waals surface area contributed by atoms with Crippen LogP contribution in [0.15, 0.2) is 28.7 Å². The zero-order valence-corrected chi connectivity index (χ0v) is 13.3. The van der Waals surface area contributed by atoms with Crippen LogP contribution in [0, 0.1) is 5.82 Å². The van der Waals surface area contributed by atoms with Gasteiger partial charge in [0, 0.05) is 13.0 Å². The topological polar surface area (TPSA) is 43.8 Å². The van der Waals surface area contributed by atoms with Crippen molar-refractivity contribution in [1.82, 2.24) is 9.78 Å². The summed E-state index contributed by atoms with van der Waals surface area (Å²) in [5, 5.41) is 4.49. The van der Waals surface area contributed by atoms with Gasteiger partial charge >= 0.3 is 0 Å². The SMILES string of the molecule is CCc1nn(C)c(CC(CN)c2ccc(F)cc2)c1Br. The van der Waals surface area contributed by atoms with Gasteiger partial charge in [0.05, 0.1) is 15.9 Å². The van der Waals surface area contributed by atoms with E-state index in [0.717, 1.165) is 34.3 Å². The molecule has 108 valence electrons. The summed E-state index contributed by atoms with van der Waals surface area (Å²) in [7, 11) is 1.94. The molecule has 0 spiro atoms. The standard InChI is InChI=1S/C15H19BrFN3/c1-3-13-15(16)14(20(2)19-13)8-11(9-18)10-4-6-12(17)7-5-10/h4-7,11H,3,8-9,18H2,1-2H3. The minimum atomic E-state index is -0.223. The van der Waals surface area contributed by atoms with Crippen molar-refractivity contribution >= 4 is 15.9 Å². The van der Waals surface area contributed by atoms with Crippen LogP contribution in [-0.4, -0.2) is 16.3 Å². The summed E-state index contributed by atoms with van der Waals surface area (Å²) in [5.74, 6) is -0.0634. The molecule has 1 unspecified atom stereocenters. The fraction of sp³-hybridized carbons (Fsp3) is 0.400. The summed E-state index contributed by atoms with van der Waals surface area (Å²) < 4.78 is 16.0. The van der Waals surface area contributed by atoms with Crippen molar-refractivity contribution in [2.45, 2.75) is 25.7 Å². The Morgan fingerprint density at radius 1 is 1.35 bits per heavy atom. The van der Waals surface area contributed by atoms with Gasteiger partial charge in [0.15, 0.2) is 0 Å². The van der Waals surface area contributed by atoms with Crippen molar-refractivity contribution in [3.63, 3.8) is 0 Å². The monoisotopic (exact) mass is 339 g/mol. The molecule has 20 heavy (non-hydrogen) atoms. The fourth-order valence-electron chi connectivity index (χ4n) is 2.35. The lowest BCUT2D eigenvalue weighted by Crippen LogP contribution is -2.17. The Morgan fingerprint density at radius 2 is 2.00 bits per heavy atom.